The lowest BCUT2D eigenvalue weighted by atomic mass is 10.1. The minimum Gasteiger partial charge on any atom is -0.391 e. The molecule has 1 saturated heterocycles. The first-order chi connectivity index (χ1) is 13.6. The van der Waals surface area contributed by atoms with Crippen LogP contribution in [0.25, 0.3) is 11.0 Å². The number of nitrogens with one attached hydrogen (secondary N) is 2. The van der Waals surface area contributed by atoms with Crippen LogP contribution in [0.15, 0.2) is 42.9 Å². The van der Waals surface area contributed by atoms with Gasteiger partial charge in [0.15, 0.2) is 0 Å². The summed E-state index contributed by atoms with van der Waals surface area (Å²) in [7, 11) is 1.83. The van der Waals surface area contributed by atoms with Crippen molar-refractivity contribution in [3.8, 4) is 0 Å². The van der Waals surface area contributed by atoms with Crippen molar-refractivity contribution in [3.05, 3.63) is 48.5 Å². The van der Waals surface area contributed by atoms with Crippen molar-refractivity contribution in [3.63, 3.8) is 0 Å². The van der Waals surface area contributed by atoms with Gasteiger partial charge in [-0.1, -0.05) is 12.1 Å². The molecular weight excluding hydrogens is 354 g/mol. The molecular formula is C20H25N7O. The summed E-state index contributed by atoms with van der Waals surface area (Å²) in [6, 6.07) is 9.97. The monoisotopic (exact) mass is 379 g/mol. The summed E-state index contributed by atoms with van der Waals surface area (Å²) in [6.07, 6.45) is 3.70. The number of benzene rings is 1. The summed E-state index contributed by atoms with van der Waals surface area (Å²) in [6.45, 7) is 3.36. The lowest BCUT2D eigenvalue weighted by Crippen LogP contribution is -2.39. The molecule has 1 aliphatic rings. The van der Waals surface area contributed by atoms with Gasteiger partial charge >= 0.3 is 0 Å². The van der Waals surface area contributed by atoms with E-state index >= 15 is 0 Å². The molecule has 4 rings (SSSR count). The number of hydrogen-bond acceptors (Lipinski definition) is 8. The topological polar surface area (TPSA) is 99.1 Å². The van der Waals surface area contributed by atoms with Crippen molar-refractivity contribution >= 4 is 22.7 Å². The Kier molecular flexibility index (Phi) is 5.31. The Morgan fingerprint density at radius 3 is 2.86 bits per heavy atom. The lowest BCUT2D eigenvalue weighted by molar-refractivity contribution is 0.193. The first-order valence-corrected chi connectivity index (χ1v) is 9.53. The Labute approximate surface area is 164 Å². The van der Waals surface area contributed by atoms with Crippen molar-refractivity contribution in [2.45, 2.75) is 31.5 Å². The largest absolute Gasteiger partial charge is 0.391 e. The van der Waals surface area contributed by atoms with Gasteiger partial charge in [-0.15, -0.1) is 0 Å². The van der Waals surface area contributed by atoms with Gasteiger partial charge in [-0.3, -0.25) is 4.98 Å². The van der Waals surface area contributed by atoms with Crippen molar-refractivity contribution < 1.29 is 5.11 Å². The van der Waals surface area contributed by atoms with E-state index < -0.39 is 0 Å². The minimum absolute atomic E-state index is 0.0509. The van der Waals surface area contributed by atoms with Gasteiger partial charge in [-0.25, -0.2) is 15.0 Å². The van der Waals surface area contributed by atoms with E-state index in [4.69, 9.17) is 4.98 Å². The number of aliphatic hydroxyl groups is 1. The van der Waals surface area contributed by atoms with Gasteiger partial charge in [0.2, 0.25) is 0 Å². The maximum atomic E-state index is 10.2. The Balaban J connectivity index is 1.45. The van der Waals surface area contributed by atoms with E-state index in [1.165, 1.54) is 0 Å². The predicted molar refractivity (Wildman–Crippen MR) is 109 cm³/mol. The summed E-state index contributed by atoms with van der Waals surface area (Å²) in [5.74, 6) is 1.58. The molecule has 0 radical (unpaired) electrons. The van der Waals surface area contributed by atoms with E-state index in [9.17, 15) is 5.11 Å². The predicted octanol–water partition coefficient (Wildman–Crippen LogP) is 1.75. The molecule has 8 heteroatoms. The second kappa shape index (κ2) is 8.04. The van der Waals surface area contributed by atoms with E-state index in [2.05, 4.69) is 37.4 Å². The van der Waals surface area contributed by atoms with E-state index in [1.54, 1.807) is 6.33 Å². The number of fused-ring (bicyclic) bond motifs is 1. The van der Waals surface area contributed by atoms with Gasteiger partial charge in [-0.2, -0.15) is 0 Å². The van der Waals surface area contributed by atoms with Crippen LogP contribution in [0, 0.1) is 0 Å². The Bertz CT molecular complexity index is 950. The smallest absolute Gasteiger partial charge is 0.134 e. The summed E-state index contributed by atoms with van der Waals surface area (Å²) in [5, 5.41) is 16.8. The van der Waals surface area contributed by atoms with Crippen LogP contribution >= 0.6 is 0 Å². The van der Waals surface area contributed by atoms with Crippen molar-refractivity contribution in [2.24, 2.45) is 0 Å². The fourth-order valence-corrected chi connectivity index (χ4v) is 3.60. The highest BCUT2D eigenvalue weighted by molar-refractivity contribution is 5.73. The van der Waals surface area contributed by atoms with Crippen LogP contribution in [0.2, 0.25) is 0 Å². The third kappa shape index (κ3) is 3.88. The third-order valence-corrected chi connectivity index (χ3v) is 5.17. The summed E-state index contributed by atoms with van der Waals surface area (Å²) in [5.41, 5.74) is 2.70. The molecule has 1 fully saturated rings. The van der Waals surface area contributed by atoms with Crippen molar-refractivity contribution in [1.82, 2.24) is 25.3 Å². The number of anilines is 2. The molecule has 1 aromatic carbocycles. The molecule has 1 unspecified atom stereocenters. The molecule has 0 amide bonds. The third-order valence-electron chi connectivity index (χ3n) is 5.17. The van der Waals surface area contributed by atoms with Crippen LogP contribution in [0.4, 0.5) is 11.6 Å². The van der Waals surface area contributed by atoms with Crippen molar-refractivity contribution in [2.75, 3.05) is 30.4 Å². The average Bonchev–Trinajstić information content (AvgIpc) is 3.12. The minimum atomic E-state index is -0.365. The summed E-state index contributed by atoms with van der Waals surface area (Å²) < 4.78 is 0. The molecule has 3 aromatic rings. The molecule has 3 N–H and O–H groups in total. The molecule has 146 valence electrons. The van der Waals surface area contributed by atoms with E-state index in [-0.39, 0.29) is 18.2 Å². The van der Waals surface area contributed by atoms with Crippen LogP contribution in [0.3, 0.4) is 0 Å². The second-order valence-electron chi connectivity index (χ2n) is 7.12. The molecule has 2 aromatic heterocycles. The zero-order valence-corrected chi connectivity index (χ0v) is 16.1. The van der Waals surface area contributed by atoms with Crippen LogP contribution in [0.1, 0.15) is 25.1 Å². The fourth-order valence-electron chi connectivity index (χ4n) is 3.60. The van der Waals surface area contributed by atoms with Crippen molar-refractivity contribution in [1.29, 1.82) is 0 Å². The number of hydrogen-bond donors (Lipinski definition) is 3. The van der Waals surface area contributed by atoms with Crippen LogP contribution in [0.5, 0.6) is 0 Å². The van der Waals surface area contributed by atoms with Crippen LogP contribution < -0.4 is 15.5 Å². The summed E-state index contributed by atoms with van der Waals surface area (Å²) in [4.78, 5) is 19.9. The highest BCUT2D eigenvalue weighted by atomic mass is 16.3. The Morgan fingerprint density at radius 2 is 2.04 bits per heavy atom. The number of aromatic nitrogens is 4. The van der Waals surface area contributed by atoms with E-state index in [0.29, 0.717) is 19.5 Å². The van der Waals surface area contributed by atoms with E-state index in [1.807, 2.05) is 43.6 Å². The number of nitrogens with zero attached hydrogens (tertiary/aromatic N) is 5. The first kappa shape index (κ1) is 18.5. The highest BCUT2D eigenvalue weighted by Gasteiger charge is 2.32. The quantitative estimate of drug-likeness (QED) is 0.596. The summed E-state index contributed by atoms with van der Waals surface area (Å²) >= 11 is 0. The number of β-amino-alcohol motifs (C(OH)–C–C–N with tert-alkyl or cyclic N) is 1. The molecule has 0 spiro atoms. The molecule has 28 heavy (non-hydrogen) atoms. The van der Waals surface area contributed by atoms with Gasteiger partial charge in [0.25, 0.3) is 0 Å². The van der Waals surface area contributed by atoms with Gasteiger partial charge in [-0.05, 0) is 25.5 Å². The second-order valence-corrected chi connectivity index (χ2v) is 7.12. The fraction of sp³-hybridized carbons (Fsp3) is 0.400. The number of aliphatic hydroxyl groups excluding tert-OH is 1. The van der Waals surface area contributed by atoms with Crippen LogP contribution in [-0.2, 0) is 0 Å². The molecule has 1 aliphatic heterocycles. The zero-order valence-electron chi connectivity index (χ0n) is 16.1. The molecule has 0 saturated carbocycles. The molecule has 0 aliphatic carbocycles. The SMILES string of the molecule is CNc1cc(N2C[C@H](O)C[C@@H]2CNC(C)c2cnc3ccccc3n2)ncn1. The van der Waals surface area contributed by atoms with Gasteiger partial charge < -0.3 is 20.6 Å². The van der Waals surface area contributed by atoms with E-state index in [0.717, 1.165) is 28.4 Å². The maximum absolute atomic E-state index is 10.2. The molecule has 0 bridgehead atoms. The Morgan fingerprint density at radius 1 is 1.21 bits per heavy atom. The number of rotatable bonds is 6. The highest BCUT2D eigenvalue weighted by Crippen LogP contribution is 2.25. The molecule has 8 nitrogen and oxygen atoms in total. The van der Waals surface area contributed by atoms with Gasteiger partial charge in [0.05, 0.1) is 29.0 Å². The maximum Gasteiger partial charge on any atom is 0.134 e. The molecule has 3 atom stereocenters. The Hall–Kier alpha value is -2.84. The first-order valence-electron chi connectivity index (χ1n) is 9.53. The van der Waals surface area contributed by atoms with Gasteiger partial charge in [0, 0.05) is 38.3 Å². The molecule has 3 heterocycles. The standard InChI is InChI=1S/C20H25N7O/c1-13(18-10-23-16-5-3-4-6-17(16)26-18)22-9-14-7-15(28)11-27(14)20-8-19(21-2)24-12-25-20/h3-6,8,10,12-15,22,28H,7,9,11H2,1-2H3,(H,21,24,25)/t13?,14-,15-/m1/s1. The van der Waals surface area contributed by atoms with Crippen LogP contribution in [-0.4, -0.2) is 57.3 Å². The average molecular weight is 379 g/mol. The number of para-hydroxylation sites is 2. The lowest BCUT2D eigenvalue weighted by Gasteiger charge is -2.27. The zero-order chi connectivity index (χ0) is 19.5. The van der Waals surface area contributed by atoms with Gasteiger partial charge in [0.1, 0.15) is 18.0 Å². The normalized spacial score (nSPS) is 20.5.